The first kappa shape index (κ1) is 10.2. The molecule has 0 saturated heterocycles. The van der Waals surface area contributed by atoms with Crippen LogP contribution < -0.4 is 5.73 Å². The average molecular weight is 185 g/mol. The summed E-state index contributed by atoms with van der Waals surface area (Å²) < 4.78 is 5.31. The number of carbonyl (C=O) groups is 2. The molecule has 74 valence electrons. The summed E-state index contributed by atoms with van der Waals surface area (Å²) in [5.74, 6) is -0.950. The van der Waals surface area contributed by atoms with Crippen molar-refractivity contribution < 1.29 is 14.3 Å². The summed E-state index contributed by atoms with van der Waals surface area (Å²) in [6.07, 6.45) is 0.750. The molecule has 1 saturated carbocycles. The van der Waals surface area contributed by atoms with Crippen LogP contribution >= 0.6 is 0 Å². The second-order valence-corrected chi connectivity index (χ2v) is 3.87. The maximum absolute atomic E-state index is 11.2. The number of ether oxygens (including phenoxy) is 1. The van der Waals surface area contributed by atoms with Crippen molar-refractivity contribution in [3.05, 3.63) is 0 Å². The van der Waals surface area contributed by atoms with Crippen molar-refractivity contribution in [3.63, 3.8) is 0 Å². The first-order valence-corrected chi connectivity index (χ1v) is 4.34. The second kappa shape index (κ2) is 2.80. The fourth-order valence-corrected chi connectivity index (χ4v) is 2.07. The van der Waals surface area contributed by atoms with Gasteiger partial charge in [0.2, 0.25) is 0 Å². The molecule has 0 aromatic heterocycles. The van der Waals surface area contributed by atoms with Crippen LogP contribution in [0.25, 0.3) is 0 Å². The predicted molar refractivity (Wildman–Crippen MR) is 46.9 cm³/mol. The van der Waals surface area contributed by atoms with E-state index in [0.29, 0.717) is 6.61 Å². The Morgan fingerprint density at radius 3 is 2.38 bits per heavy atom. The normalized spacial score (nSPS) is 35.5. The lowest BCUT2D eigenvalue weighted by molar-refractivity contribution is -0.136. The van der Waals surface area contributed by atoms with Gasteiger partial charge in [-0.05, 0) is 6.92 Å². The Hall–Kier alpha value is -0.900. The number of primary amides is 1. The zero-order chi connectivity index (χ0) is 10.3. The Balaban J connectivity index is 2.96. The van der Waals surface area contributed by atoms with E-state index < -0.39 is 22.8 Å². The van der Waals surface area contributed by atoms with Crippen LogP contribution in [0.5, 0.6) is 0 Å². The molecule has 0 bridgehead atoms. The molecule has 1 aliphatic carbocycles. The van der Waals surface area contributed by atoms with E-state index in [-0.39, 0.29) is 0 Å². The van der Waals surface area contributed by atoms with Gasteiger partial charge in [0.25, 0.3) is 5.91 Å². The number of hydrogen-bond acceptors (Lipinski definition) is 3. The highest BCUT2D eigenvalue weighted by Crippen LogP contribution is 2.62. The highest BCUT2D eigenvalue weighted by molar-refractivity contribution is 5.94. The molecule has 0 radical (unpaired) electrons. The minimum absolute atomic E-state index is 0.386. The third-order valence-corrected chi connectivity index (χ3v) is 2.96. The molecule has 4 nitrogen and oxygen atoms in total. The van der Waals surface area contributed by atoms with Gasteiger partial charge < -0.3 is 15.3 Å². The SMILES string of the molecule is CCOC1(C(N)=O)C(C=O)C1(C)C. The van der Waals surface area contributed by atoms with E-state index >= 15 is 0 Å². The number of carbonyl (C=O) groups excluding carboxylic acids is 2. The Labute approximate surface area is 77.4 Å². The molecular weight excluding hydrogens is 170 g/mol. The predicted octanol–water partition coefficient (Wildman–Crippen LogP) is 0.102. The van der Waals surface area contributed by atoms with Gasteiger partial charge in [0.15, 0.2) is 5.60 Å². The molecule has 0 heterocycles. The number of hydrogen-bond donors (Lipinski definition) is 1. The topological polar surface area (TPSA) is 69.4 Å². The smallest absolute Gasteiger partial charge is 0.251 e. The fourth-order valence-electron chi connectivity index (χ4n) is 2.07. The third kappa shape index (κ3) is 1.01. The molecule has 13 heavy (non-hydrogen) atoms. The van der Waals surface area contributed by atoms with Crippen LogP contribution in [0.4, 0.5) is 0 Å². The van der Waals surface area contributed by atoms with Crippen LogP contribution in [0.2, 0.25) is 0 Å². The summed E-state index contributed by atoms with van der Waals surface area (Å²) in [5.41, 5.74) is 3.71. The van der Waals surface area contributed by atoms with Crippen LogP contribution in [-0.4, -0.2) is 24.4 Å². The standard InChI is InChI=1S/C9H15NO3/c1-4-13-9(7(10)12)6(5-11)8(9,2)3/h5-6H,4H2,1-3H3,(H2,10,12). The Morgan fingerprint density at radius 1 is 1.62 bits per heavy atom. The van der Waals surface area contributed by atoms with Crippen molar-refractivity contribution in [1.82, 2.24) is 0 Å². The van der Waals surface area contributed by atoms with E-state index in [1.165, 1.54) is 0 Å². The number of nitrogens with two attached hydrogens (primary N) is 1. The summed E-state index contributed by atoms with van der Waals surface area (Å²) in [4.78, 5) is 21.9. The molecule has 1 rings (SSSR count). The van der Waals surface area contributed by atoms with Crippen molar-refractivity contribution in [3.8, 4) is 0 Å². The van der Waals surface area contributed by atoms with E-state index in [9.17, 15) is 9.59 Å². The fraction of sp³-hybridized carbons (Fsp3) is 0.778. The van der Waals surface area contributed by atoms with Gasteiger partial charge in [-0.2, -0.15) is 0 Å². The average Bonchev–Trinajstić information content (AvgIpc) is 2.49. The summed E-state index contributed by atoms with van der Waals surface area (Å²) >= 11 is 0. The minimum Gasteiger partial charge on any atom is -0.367 e. The molecule has 2 atom stereocenters. The van der Waals surface area contributed by atoms with E-state index in [2.05, 4.69) is 0 Å². The minimum atomic E-state index is -1.07. The van der Waals surface area contributed by atoms with E-state index in [1.54, 1.807) is 6.92 Å². The molecule has 1 aliphatic rings. The van der Waals surface area contributed by atoms with Gasteiger partial charge in [-0.1, -0.05) is 13.8 Å². The van der Waals surface area contributed by atoms with Crippen LogP contribution in [0.15, 0.2) is 0 Å². The second-order valence-electron chi connectivity index (χ2n) is 3.87. The molecule has 1 fully saturated rings. The quantitative estimate of drug-likeness (QED) is 0.631. The van der Waals surface area contributed by atoms with Crippen LogP contribution in [-0.2, 0) is 14.3 Å². The van der Waals surface area contributed by atoms with E-state index in [0.717, 1.165) is 6.29 Å². The van der Waals surface area contributed by atoms with Gasteiger partial charge in [0.05, 0.1) is 5.92 Å². The van der Waals surface area contributed by atoms with Gasteiger partial charge in [-0.15, -0.1) is 0 Å². The molecule has 4 heteroatoms. The van der Waals surface area contributed by atoms with Crippen molar-refractivity contribution in [2.45, 2.75) is 26.4 Å². The first-order valence-electron chi connectivity index (χ1n) is 4.34. The van der Waals surface area contributed by atoms with Crippen molar-refractivity contribution in [2.24, 2.45) is 17.1 Å². The molecule has 1 amide bonds. The molecule has 0 aromatic carbocycles. The number of rotatable bonds is 4. The highest BCUT2D eigenvalue weighted by atomic mass is 16.5. The maximum Gasteiger partial charge on any atom is 0.251 e. The van der Waals surface area contributed by atoms with E-state index in [1.807, 2.05) is 13.8 Å². The molecular formula is C9H15NO3. The van der Waals surface area contributed by atoms with Gasteiger partial charge in [-0.25, -0.2) is 0 Å². The summed E-state index contributed by atoms with van der Waals surface area (Å²) in [6.45, 7) is 5.79. The first-order chi connectivity index (χ1) is 5.95. The Kier molecular flexibility index (Phi) is 2.20. The zero-order valence-electron chi connectivity index (χ0n) is 8.16. The molecule has 0 aromatic rings. The van der Waals surface area contributed by atoms with Crippen molar-refractivity contribution in [1.29, 1.82) is 0 Å². The maximum atomic E-state index is 11.2. The highest BCUT2D eigenvalue weighted by Gasteiger charge is 2.76. The monoisotopic (exact) mass is 185 g/mol. The number of aldehydes is 1. The van der Waals surface area contributed by atoms with Crippen molar-refractivity contribution in [2.75, 3.05) is 6.61 Å². The van der Waals surface area contributed by atoms with Crippen LogP contribution in [0, 0.1) is 11.3 Å². The van der Waals surface area contributed by atoms with E-state index in [4.69, 9.17) is 10.5 Å². The summed E-state index contributed by atoms with van der Waals surface area (Å²) in [7, 11) is 0. The lowest BCUT2D eigenvalue weighted by Gasteiger charge is -2.15. The van der Waals surface area contributed by atoms with Crippen molar-refractivity contribution >= 4 is 12.2 Å². The lowest BCUT2D eigenvalue weighted by Crippen LogP contribution is -2.38. The molecule has 2 unspecified atom stereocenters. The zero-order valence-corrected chi connectivity index (χ0v) is 8.16. The largest absolute Gasteiger partial charge is 0.367 e. The lowest BCUT2D eigenvalue weighted by atomic mass is 10.1. The van der Waals surface area contributed by atoms with Gasteiger partial charge in [-0.3, -0.25) is 4.79 Å². The Morgan fingerprint density at radius 2 is 2.15 bits per heavy atom. The summed E-state index contributed by atoms with van der Waals surface area (Å²) in [5, 5.41) is 0. The van der Waals surface area contributed by atoms with Gasteiger partial charge in [0, 0.05) is 12.0 Å². The number of amides is 1. The molecule has 0 aliphatic heterocycles. The Bertz CT molecular complexity index is 249. The van der Waals surface area contributed by atoms with Gasteiger partial charge in [0.1, 0.15) is 6.29 Å². The van der Waals surface area contributed by atoms with Gasteiger partial charge >= 0.3 is 0 Å². The third-order valence-electron chi connectivity index (χ3n) is 2.96. The summed E-state index contributed by atoms with van der Waals surface area (Å²) in [6, 6.07) is 0. The molecule has 0 spiro atoms. The van der Waals surface area contributed by atoms with Crippen LogP contribution in [0.1, 0.15) is 20.8 Å². The molecule has 2 N–H and O–H groups in total. The van der Waals surface area contributed by atoms with Crippen LogP contribution in [0.3, 0.4) is 0 Å².